The maximum absolute atomic E-state index is 12.1. The van der Waals surface area contributed by atoms with E-state index in [1.807, 2.05) is 30.3 Å². The maximum Gasteiger partial charge on any atom is 0.233 e. The molecular weight excluding hydrogens is 392 g/mol. The molecule has 1 aromatic carbocycles. The molecule has 1 heterocycles. The van der Waals surface area contributed by atoms with Crippen LogP contribution in [0.5, 0.6) is 0 Å². The van der Waals surface area contributed by atoms with Crippen LogP contribution in [-0.2, 0) is 11.3 Å². The molecule has 2 N–H and O–H groups in total. The first-order chi connectivity index (χ1) is 9.95. The van der Waals surface area contributed by atoms with E-state index < -0.39 is 0 Å². The van der Waals surface area contributed by atoms with Crippen molar-refractivity contribution in [3.8, 4) is 0 Å². The zero-order valence-electron chi connectivity index (χ0n) is 11.3. The lowest BCUT2D eigenvalue weighted by Crippen LogP contribution is -2.27. The number of nitrogens with two attached hydrogens (primary N) is 1. The number of thiophene rings is 1. The van der Waals surface area contributed by atoms with Crippen molar-refractivity contribution in [1.29, 1.82) is 0 Å². The largest absolute Gasteiger partial charge is 0.398 e. The summed E-state index contributed by atoms with van der Waals surface area (Å²) in [4.78, 5) is 15.8. The van der Waals surface area contributed by atoms with E-state index in [1.165, 1.54) is 23.1 Å². The average molecular weight is 406 g/mol. The molecule has 0 bridgehead atoms. The van der Waals surface area contributed by atoms with E-state index in [0.717, 1.165) is 18.6 Å². The molecular formula is C14H14BrClN2OS2. The van der Waals surface area contributed by atoms with Gasteiger partial charge in [0.1, 0.15) is 0 Å². The Labute approximate surface area is 145 Å². The van der Waals surface area contributed by atoms with Crippen molar-refractivity contribution in [1.82, 2.24) is 4.90 Å². The van der Waals surface area contributed by atoms with Crippen LogP contribution in [0, 0.1) is 0 Å². The Balaban J connectivity index is 1.89. The topological polar surface area (TPSA) is 46.3 Å². The van der Waals surface area contributed by atoms with Crippen molar-refractivity contribution in [3.63, 3.8) is 0 Å². The van der Waals surface area contributed by atoms with Gasteiger partial charge >= 0.3 is 0 Å². The number of carbonyl (C=O) groups excluding carboxylic acids is 1. The lowest BCUT2D eigenvalue weighted by molar-refractivity contribution is -0.127. The van der Waals surface area contributed by atoms with E-state index >= 15 is 0 Å². The van der Waals surface area contributed by atoms with Gasteiger partial charge in [0.25, 0.3) is 0 Å². The second kappa shape index (κ2) is 7.54. The summed E-state index contributed by atoms with van der Waals surface area (Å²) in [6.07, 6.45) is 0. The number of carbonyl (C=O) groups is 1. The van der Waals surface area contributed by atoms with Crippen LogP contribution in [0.2, 0.25) is 4.34 Å². The van der Waals surface area contributed by atoms with Crippen LogP contribution in [-0.4, -0.2) is 23.6 Å². The van der Waals surface area contributed by atoms with E-state index in [4.69, 9.17) is 17.3 Å². The summed E-state index contributed by atoms with van der Waals surface area (Å²) in [6.45, 7) is 0.576. The first-order valence-corrected chi connectivity index (χ1v) is 9.09. The number of halogens is 2. The van der Waals surface area contributed by atoms with Crippen molar-refractivity contribution in [2.24, 2.45) is 0 Å². The van der Waals surface area contributed by atoms with Gasteiger partial charge in [-0.05, 0) is 30.3 Å². The Kier molecular flexibility index (Phi) is 5.98. The summed E-state index contributed by atoms with van der Waals surface area (Å²) < 4.78 is 1.67. The van der Waals surface area contributed by atoms with Crippen molar-refractivity contribution in [2.45, 2.75) is 11.4 Å². The molecule has 1 aromatic heterocycles. The molecule has 0 spiro atoms. The van der Waals surface area contributed by atoms with Gasteiger partial charge in [-0.15, -0.1) is 23.1 Å². The molecule has 0 unspecified atom stereocenters. The van der Waals surface area contributed by atoms with Crippen LogP contribution in [0.25, 0.3) is 0 Å². The standard InChI is InChI=1S/C14H14BrClN2OS2/c1-18(7-10-3-5-13(16)21-10)14(19)8-20-12-4-2-9(15)6-11(12)17/h2-6H,7-8,17H2,1H3. The molecule has 0 aliphatic carbocycles. The zero-order chi connectivity index (χ0) is 15.4. The Hall–Kier alpha value is -0.690. The lowest BCUT2D eigenvalue weighted by Gasteiger charge is -2.16. The summed E-state index contributed by atoms with van der Waals surface area (Å²) in [5, 5.41) is 0. The third kappa shape index (κ3) is 4.92. The van der Waals surface area contributed by atoms with Gasteiger partial charge in [-0.1, -0.05) is 27.5 Å². The number of thioether (sulfide) groups is 1. The number of anilines is 1. The minimum absolute atomic E-state index is 0.0619. The molecule has 2 aromatic rings. The van der Waals surface area contributed by atoms with E-state index in [9.17, 15) is 4.79 Å². The fraction of sp³-hybridized carbons (Fsp3) is 0.214. The quantitative estimate of drug-likeness (QED) is 0.588. The minimum atomic E-state index is 0.0619. The SMILES string of the molecule is CN(Cc1ccc(Cl)s1)C(=O)CSc1ccc(Br)cc1N. The number of hydrogen-bond donors (Lipinski definition) is 1. The van der Waals surface area contributed by atoms with Gasteiger partial charge in [-0.2, -0.15) is 0 Å². The predicted molar refractivity (Wildman–Crippen MR) is 95.1 cm³/mol. The van der Waals surface area contributed by atoms with Crippen molar-refractivity contribution in [3.05, 3.63) is 44.0 Å². The monoisotopic (exact) mass is 404 g/mol. The van der Waals surface area contributed by atoms with Gasteiger partial charge in [0.2, 0.25) is 5.91 Å². The normalized spacial score (nSPS) is 10.6. The molecule has 7 heteroatoms. The van der Waals surface area contributed by atoms with Crippen LogP contribution in [0.3, 0.4) is 0 Å². The molecule has 0 atom stereocenters. The number of rotatable bonds is 5. The maximum atomic E-state index is 12.1. The van der Waals surface area contributed by atoms with E-state index in [0.29, 0.717) is 18.0 Å². The Morgan fingerprint density at radius 2 is 2.19 bits per heavy atom. The summed E-state index contributed by atoms with van der Waals surface area (Å²) in [6, 6.07) is 9.45. The average Bonchev–Trinajstić information content (AvgIpc) is 2.82. The van der Waals surface area contributed by atoms with Gasteiger partial charge in [-0.3, -0.25) is 4.79 Å². The first kappa shape index (κ1) is 16.7. The molecule has 1 amide bonds. The highest BCUT2D eigenvalue weighted by Gasteiger charge is 2.12. The summed E-state index contributed by atoms with van der Waals surface area (Å²) in [5.74, 6) is 0.424. The minimum Gasteiger partial charge on any atom is -0.398 e. The third-order valence-electron chi connectivity index (χ3n) is 2.77. The lowest BCUT2D eigenvalue weighted by atomic mass is 10.3. The molecule has 0 saturated carbocycles. The smallest absolute Gasteiger partial charge is 0.233 e. The fourth-order valence-electron chi connectivity index (χ4n) is 1.66. The second-order valence-corrected chi connectivity index (χ2v) is 8.16. The van der Waals surface area contributed by atoms with Crippen molar-refractivity contribution in [2.75, 3.05) is 18.5 Å². The predicted octanol–water partition coefficient (Wildman–Crippen LogP) is 4.50. The number of benzene rings is 1. The number of hydrogen-bond acceptors (Lipinski definition) is 4. The van der Waals surface area contributed by atoms with E-state index in [-0.39, 0.29) is 5.91 Å². The Bertz CT molecular complexity index is 648. The van der Waals surface area contributed by atoms with Crippen LogP contribution in [0.4, 0.5) is 5.69 Å². The van der Waals surface area contributed by atoms with Crippen LogP contribution in [0.1, 0.15) is 4.88 Å². The molecule has 0 aliphatic rings. The highest BCUT2D eigenvalue weighted by atomic mass is 79.9. The van der Waals surface area contributed by atoms with Gasteiger partial charge in [0, 0.05) is 27.0 Å². The van der Waals surface area contributed by atoms with Gasteiger partial charge in [0.15, 0.2) is 0 Å². The number of nitrogens with zero attached hydrogens (tertiary/aromatic N) is 1. The molecule has 3 nitrogen and oxygen atoms in total. The molecule has 0 saturated heterocycles. The molecule has 112 valence electrons. The number of nitrogen functional groups attached to an aromatic ring is 1. The van der Waals surface area contributed by atoms with Crippen LogP contribution < -0.4 is 5.73 Å². The molecule has 2 rings (SSSR count). The van der Waals surface area contributed by atoms with Crippen molar-refractivity contribution < 1.29 is 4.79 Å². The zero-order valence-corrected chi connectivity index (χ0v) is 15.3. The highest BCUT2D eigenvalue weighted by molar-refractivity contribution is 9.10. The molecule has 21 heavy (non-hydrogen) atoms. The molecule has 0 fully saturated rings. The summed E-state index contributed by atoms with van der Waals surface area (Å²) in [7, 11) is 1.79. The van der Waals surface area contributed by atoms with Gasteiger partial charge < -0.3 is 10.6 Å². The van der Waals surface area contributed by atoms with E-state index in [2.05, 4.69) is 15.9 Å². The van der Waals surface area contributed by atoms with Crippen LogP contribution >= 0.6 is 50.6 Å². The first-order valence-electron chi connectivity index (χ1n) is 6.11. The molecule has 0 aliphatic heterocycles. The van der Waals surface area contributed by atoms with Crippen molar-refractivity contribution >= 4 is 62.2 Å². The van der Waals surface area contributed by atoms with Gasteiger partial charge in [-0.25, -0.2) is 0 Å². The Morgan fingerprint density at radius 1 is 1.43 bits per heavy atom. The Morgan fingerprint density at radius 3 is 2.81 bits per heavy atom. The highest BCUT2D eigenvalue weighted by Crippen LogP contribution is 2.28. The summed E-state index contributed by atoms with van der Waals surface area (Å²) in [5.41, 5.74) is 6.60. The number of amides is 1. The van der Waals surface area contributed by atoms with E-state index in [1.54, 1.807) is 11.9 Å². The van der Waals surface area contributed by atoms with Gasteiger partial charge in [0.05, 0.1) is 16.6 Å². The van der Waals surface area contributed by atoms with Crippen LogP contribution in [0.15, 0.2) is 39.7 Å². The fourth-order valence-corrected chi connectivity index (χ4v) is 4.07. The molecule has 0 radical (unpaired) electrons. The third-order valence-corrected chi connectivity index (χ3v) is 5.55. The summed E-state index contributed by atoms with van der Waals surface area (Å²) >= 11 is 12.2. The second-order valence-electron chi connectivity index (χ2n) is 4.43.